The topological polar surface area (TPSA) is 103 Å². The fourth-order valence-corrected chi connectivity index (χ4v) is 5.24. The van der Waals surface area contributed by atoms with Crippen molar-refractivity contribution < 1.29 is 14.1 Å². The molecule has 1 amide bonds. The molecule has 0 fully saturated rings. The molecule has 1 atom stereocenters. The predicted molar refractivity (Wildman–Crippen MR) is 156 cm³/mol. The highest BCUT2D eigenvalue weighted by Crippen LogP contribution is 2.29. The van der Waals surface area contributed by atoms with Crippen LogP contribution in [-0.4, -0.2) is 25.6 Å². The Morgan fingerprint density at radius 3 is 2.39 bits per heavy atom. The van der Waals surface area contributed by atoms with Crippen molar-refractivity contribution >= 4 is 23.4 Å². The van der Waals surface area contributed by atoms with Gasteiger partial charge in [-0.25, -0.2) is 4.39 Å². The van der Waals surface area contributed by atoms with Crippen LogP contribution in [0.15, 0.2) is 108 Å². The highest BCUT2D eigenvalue weighted by atomic mass is 32.2. The van der Waals surface area contributed by atoms with Gasteiger partial charge in [-0.3, -0.25) is 19.5 Å². The summed E-state index contributed by atoms with van der Waals surface area (Å²) in [5.74, 6) is 0.284. The number of hydrogen-bond donors (Lipinski definition) is 1. The third-order valence-corrected chi connectivity index (χ3v) is 7.45. The van der Waals surface area contributed by atoms with Crippen molar-refractivity contribution in [3.63, 3.8) is 0 Å². The fourth-order valence-electron chi connectivity index (χ4n) is 4.32. The zero-order valence-corrected chi connectivity index (χ0v) is 22.9. The number of carbonyl (C=O) groups excluding carboxylic acids is 1. The number of halogens is 1. The van der Waals surface area contributed by atoms with Crippen molar-refractivity contribution in [2.75, 3.05) is 0 Å². The van der Waals surface area contributed by atoms with Crippen LogP contribution < -0.4 is 5.32 Å². The summed E-state index contributed by atoms with van der Waals surface area (Å²) in [5, 5.41) is 24.0. The minimum Gasteiger partial charge on any atom is -0.342 e. The number of thioether (sulfide) groups is 1. The molecule has 10 heteroatoms. The van der Waals surface area contributed by atoms with Gasteiger partial charge in [-0.1, -0.05) is 78.0 Å². The van der Waals surface area contributed by atoms with Crippen LogP contribution in [0.2, 0.25) is 0 Å². The molecule has 5 aromatic rings. The molecule has 0 bridgehead atoms. The molecule has 206 valence electrons. The van der Waals surface area contributed by atoms with Gasteiger partial charge in [-0.2, -0.15) is 0 Å². The number of aromatic nitrogens is 3. The van der Waals surface area contributed by atoms with E-state index in [1.807, 2.05) is 66.1 Å². The van der Waals surface area contributed by atoms with E-state index in [1.165, 1.54) is 48.2 Å². The molecule has 41 heavy (non-hydrogen) atoms. The summed E-state index contributed by atoms with van der Waals surface area (Å²) in [5.41, 5.74) is 3.81. The van der Waals surface area contributed by atoms with Crippen LogP contribution in [-0.2, 0) is 12.2 Å². The zero-order chi connectivity index (χ0) is 28.8. The molecule has 4 aromatic carbocycles. The number of nitro groups is 1. The van der Waals surface area contributed by atoms with Gasteiger partial charge >= 0.3 is 0 Å². The van der Waals surface area contributed by atoms with Crippen LogP contribution in [0.5, 0.6) is 0 Å². The minimum atomic E-state index is -0.613. The van der Waals surface area contributed by atoms with Gasteiger partial charge in [0, 0.05) is 29.1 Å². The first-order chi connectivity index (χ1) is 19.9. The van der Waals surface area contributed by atoms with Gasteiger partial charge in [-0.05, 0) is 54.8 Å². The van der Waals surface area contributed by atoms with E-state index in [0.717, 1.165) is 22.4 Å². The zero-order valence-electron chi connectivity index (χ0n) is 22.1. The number of nitrogens with zero attached hydrogens (tertiary/aromatic N) is 4. The number of aryl methyl sites for hydroxylation is 1. The van der Waals surface area contributed by atoms with Crippen LogP contribution in [0.4, 0.5) is 10.1 Å². The van der Waals surface area contributed by atoms with Crippen LogP contribution >= 0.6 is 11.8 Å². The lowest BCUT2D eigenvalue weighted by atomic mass is 10.0. The third-order valence-electron chi connectivity index (χ3n) is 6.45. The monoisotopic (exact) mass is 567 g/mol. The van der Waals surface area contributed by atoms with E-state index < -0.39 is 16.9 Å². The van der Waals surface area contributed by atoms with E-state index in [0.29, 0.717) is 23.2 Å². The first-order valence-electron chi connectivity index (χ1n) is 12.9. The van der Waals surface area contributed by atoms with Crippen LogP contribution in [0, 0.1) is 22.9 Å². The Balaban J connectivity index is 1.53. The summed E-state index contributed by atoms with van der Waals surface area (Å²) in [4.78, 5) is 24.2. The average Bonchev–Trinajstić information content (AvgIpc) is 3.41. The van der Waals surface area contributed by atoms with Gasteiger partial charge in [0.05, 0.1) is 11.0 Å². The molecule has 5 rings (SSSR count). The largest absolute Gasteiger partial charge is 0.342 e. The van der Waals surface area contributed by atoms with Crippen LogP contribution in [0.1, 0.15) is 38.9 Å². The van der Waals surface area contributed by atoms with Crippen molar-refractivity contribution in [3.05, 3.63) is 147 Å². The molecule has 0 aliphatic carbocycles. The number of hydrogen-bond acceptors (Lipinski definition) is 6. The molecule has 8 nitrogen and oxygen atoms in total. The van der Waals surface area contributed by atoms with Gasteiger partial charge in [0.2, 0.25) is 0 Å². The number of non-ortho nitro benzene ring substituents is 1. The lowest BCUT2D eigenvalue weighted by Crippen LogP contribution is -2.32. The van der Waals surface area contributed by atoms with Crippen LogP contribution in [0.25, 0.3) is 5.69 Å². The second kappa shape index (κ2) is 12.6. The maximum absolute atomic E-state index is 13.4. The van der Waals surface area contributed by atoms with Crippen molar-refractivity contribution in [2.45, 2.75) is 30.3 Å². The molecular formula is C31H26FN5O3S. The van der Waals surface area contributed by atoms with Crippen molar-refractivity contribution in [2.24, 2.45) is 0 Å². The Morgan fingerprint density at radius 1 is 0.951 bits per heavy atom. The first-order valence-corrected chi connectivity index (χ1v) is 13.8. The molecule has 0 saturated heterocycles. The van der Waals surface area contributed by atoms with Gasteiger partial charge < -0.3 is 5.32 Å². The summed E-state index contributed by atoms with van der Waals surface area (Å²) < 4.78 is 15.3. The molecule has 0 aliphatic heterocycles. The van der Waals surface area contributed by atoms with Gasteiger partial charge in [0.1, 0.15) is 5.82 Å². The Bertz CT molecular complexity index is 1660. The summed E-state index contributed by atoms with van der Waals surface area (Å²) in [6, 6.07) is 28.9. The van der Waals surface area contributed by atoms with Crippen molar-refractivity contribution in [1.82, 2.24) is 20.1 Å². The molecule has 0 spiro atoms. The predicted octanol–water partition coefficient (Wildman–Crippen LogP) is 6.63. The van der Waals surface area contributed by atoms with E-state index in [1.54, 1.807) is 12.1 Å². The average molecular weight is 568 g/mol. The van der Waals surface area contributed by atoms with E-state index >= 15 is 0 Å². The molecule has 0 unspecified atom stereocenters. The number of carbonyl (C=O) groups is 1. The van der Waals surface area contributed by atoms with Gasteiger partial charge in [0.15, 0.2) is 11.0 Å². The maximum atomic E-state index is 13.4. The maximum Gasteiger partial charge on any atom is 0.270 e. The summed E-state index contributed by atoms with van der Waals surface area (Å²) in [7, 11) is 0. The SMILES string of the molecule is Cc1ccc(-n2c(SCc3ccc(F)cc3)nnc2[C@@H](Cc2ccccc2)NC(=O)c2cccc([N+](=O)[O-])c2)cc1. The fraction of sp³-hybridized carbons (Fsp3) is 0.129. The Morgan fingerprint density at radius 2 is 1.68 bits per heavy atom. The quantitative estimate of drug-likeness (QED) is 0.115. The number of amides is 1. The molecule has 1 heterocycles. The third kappa shape index (κ3) is 6.85. The Labute approximate surface area is 240 Å². The standard InChI is InChI=1S/C31H26FN5O3S/c1-21-10-16-26(17-11-21)36-29(34-35-31(36)41-20-23-12-14-25(32)15-13-23)28(18-22-6-3-2-4-7-22)33-30(38)24-8-5-9-27(19-24)37(39)40/h2-17,19,28H,18,20H2,1H3,(H,33,38)/t28-/m1/s1. The Hall–Kier alpha value is -4.83. The smallest absolute Gasteiger partial charge is 0.270 e. The molecule has 1 aromatic heterocycles. The molecule has 0 saturated carbocycles. The van der Waals surface area contributed by atoms with Gasteiger partial charge in [0.25, 0.3) is 11.6 Å². The molecule has 0 aliphatic rings. The van der Waals surface area contributed by atoms with Crippen molar-refractivity contribution in [3.8, 4) is 5.69 Å². The summed E-state index contributed by atoms with van der Waals surface area (Å²) >= 11 is 1.45. The number of nitrogens with one attached hydrogen (secondary N) is 1. The molecule has 0 radical (unpaired) electrons. The van der Waals surface area contributed by atoms with Gasteiger partial charge in [-0.15, -0.1) is 10.2 Å². The highest BCUT2D eigenvalue weighted by Gasteiger charge is 2.26. The minimum absolute atomic E-state index is 0.167. The number of rotatable bonds is 10. The molecular weight excluding hydrogens is 541 g/mol. The Kier molecular flexibility index (Phi) is 8.50. The number of benzene rings is 4. The van der Waals surface area contributed by atoms with Crippen molar-refractivity contribution in [1.29, 1.82) is 0 Å². The van der Waals surface area contributed by atoms with E-state index in [4.69, 9.17) is 0 Å². The highest BCUT2D eigenvalue weighted by molar-refractivity contribution is 7.98. The second-order valence-corrected chi connectivity index (χ2v) is 10.4. The van der Waals surface area contributed by atoms with Crippen LogP contribution in [0.3, 0.4) is 0 Å². The number of nitro benzene ring substituents is 1. The van der Waals surface area contributed by atoms with E-state index in [2.05, 4.69) is 15.5 Å². The summed E-state index contributed by atoms with van der Waals surface area (Å²) in [6.07, 6.45) is 0.411. The van der Waals surface area contributed by atoms with E-state index in [9.17, 15) is 19.3 Å². The first kappa shape index (κ1) is 27.7. The second-order valence-electron chi connectivity index (χ2n) is 9.45. The molecule has 1 N–H and O–H groups in total. The lowest BCUT2D eigenvalue weighted by Gasteiger charge is -2.20. The summed E-state index contributed by atoms with van der Waals surface area (Å²) in [6.45, 7) is 2.00. The lowest BCUT2D eigenvalue weighted by molar-refractivity contribution is -0.384. The van der Waals surface area contributed by atoms with E-state index in [-0.39, 0.29) is 17.1 Å². The normalized spacial score (nSPS) is 11.7.